The Hall–Kier alpha value is -1.84. The Morgan fingerprint density at radius 1 is 1.05 bits per heavy atom. The Labute approximate surface area is 133 Å². The van der Waals surface area contributed by atoms with Crippen LogP contribution in [0, 0.1) is 13.8 Å². The number of likely N-dealkylation sites (tertiary alicyclic amines) is 1. The van der Waals surface area contributed by atoms with E-state index >= 15 is 0 Å². The molecule has 0 radical (unpaired) electrons. The van der Waals surface area contributed by atoms with Gasteiger partial charge in [0, 0.05) is 38.7 Å². The maximum Gasteiger partial charge on any atom is 0.224 e. The molecule has 0 unspecified atom stereocenters. The average molecular weight is 302 g/mol. The molecule has 2 rings (SSSR count). The maximum absolute atomic E-state index is 12.3. The highest BCUT2D eigenvalue weighted by molar-refractivity contribution is 5.92. The normalized spacial score (nSPS) is 14.8. The lowest BCUT2D eigenvalue weighted by atomic mass is 10.1. The van der Waals surface area contributed by atoms with E-state index in [1.54, 1.807) is 11.8 Å². The summed E-state index contributed by atoms with van der Waals surface area (Å²) in [7, 11) is 0. The summed E-state index contributed by atoms with van der Waals surface area (Å²) in [4.78, 5) is 27.9. The maximum atomic E-state index is 12.3. The lowest BCUT2D eigenvalue weighted by molar-refractivity contribution is -0.131. The minimum absolute atomic E-state index is 0.0172. The van der Waals surface area contributed by atoms with Crippen LogP contribution in [0.2, 0.25) is 0 Å². The topological polar surface area (TPSA) is 40.6 Å². The third-order valence-corrected chi connectivity index (χ3v) is 4.16. The van der Waals surface area contributed by atoms with Gasteiger partial charge in [0.25, 0.3) is 0 Å². The van der Waals surface area contributed by atoms with Crippen LogP contribution in [0.1, 0.15) is 43.7 Å². The highest BCUT2D eigenvalue weighted by Crippen LogP contribution is 2.20. The number of rotatable bonds is 4. The van der Waals surface area contributed by atoms with Crippen molar-refractivity contribution in [3.8, 4) is 0 Å². The summed E-state index contributed by atoms with van der Waals surface area (Å²) < 4.78 is 0. The minimum atomic E-state index is -0.0172. The Morgan fingerprint density at radius 3 is 2.18 bits per heavy atom. The van der Waals surface area contributed by atoms with Gasteiger partial charge >= 0.3 is 0 Å². The molecule has 0 N–H and O–H groups in total. The Balaban J connectivity index is 2.02. The van der Waals surface area contributed by atoms with Gasteiger partial charge in [-0.1, -0.05) is 6.07 Å². The predicted octanol–water partition coefficient (Wildman–Crippen LogP) is 3.06. The molecule has 0 bridgehead atoms. The monoisotopic (exact) mass is 302 g/mol. The Bertz CT molecular complexity index is 528. The molecule has 2 amide bonds. The van der Waals surface area contributed by atoms with Gasteiger partial charge in [-0.05, 0) is 56.4 Å². The molecule has 4 heteroatoms. The van der Waals surface area contributed by atoms with Crippen molar-refractivity contribution in [3.05, 3.63) is 29.3 Å². The van der Waals surface area contributed by atoms with Crippen LogP contribution in [0.4, 0.5) is 5.69 Å². The average Bonchev–Trinajstić information content (AvgIpc) is 2.47. The van der Waals surface area contributed by atoms with E-state index < -0.39 is 0 Å². The number of carbonyl (C=O) groups excluding carboxylic acids is 2. The van der Waals surface area contributed by atoms with Crippen molar-refractivity contribution in [3.63, 3.8) is 0 Å². The molecule has 120 valence electrons. The van der Waals surface area contributed by atoms with Crippen molar-refractivity contribution in [2.24, 2.45) is 0 Å². The molecule has 1 saturated heterocycles. The summed E-state index contributed by atoms with van der Waals surface area (Å²) in [6.07, 6.45) is 3.80. The number of piperidine rings is 1. The Morgan fingerprint density at radius 2 is 1.64 bits per heavy atom. The van der Waals surface area contributed by atoms with Crippen LogP contribution in [0.25, 0.3) is 0 Å². The molecule has 0 aliphatic carbocycles. The van der Waals surface area contributed by atoms with Gasteiger partial charge in [-0.25, -0.2) is 0 Å². The van der Waals surface area contributed by atoms with Crippen LogP contribution in [-0.2, 0) is 9.59 Å². The standard InChI is InChI=1S/C18H26N2O2/c1-14-11-15(2)13-17(12-14)20(16(3)21)10-7-18(22)19-8-5-4-6-9-19/h11-13H,4-10H2,1-3H3. The zero-order chi connectivity index (χ0) is 16.1. The highest BCUT2D eigenvalue weighted by Gasteiger charge is 2.19. The van der Waals surface area contributed by atoms with E-state index in [1.165, 1.54) is 6.42 Å². The first-order valence-electron chi connectivity index (χ1n) is 8.11. The van der Waals surface area contributed by atoms with Crippen LogP contribution in [0.3, 0.4) is 0 Å². The Kier molecular flexibility index (Phi) is 5.58. The highest BCUT2D eigenvalue weighted by atomic mass is 16.2. The minimum Gasteiger partial charge on any atom is -0.343 e. The van der Waals surface area contributed by atoms with E-state index in [0.29, 0.717) is 13.0 Å². The second-order valence-corrected chi connectivity index (χ2v) is 6.21. The SMILES string of the molecule is CC(=O)N(CCC(=O)N1CCCCC1)c1cc(C)cc(C)c1. The molecule has 1 fully saturated rings. The first-order valence-corrected chi connectivity index (χ1v) is 8.11. The van der Waals surface area contributed by atoms with E-state index in [2.05, 4.69) is 6.07 Å². The van der Waals surface area contributed by atoms with Gasteiger partial charge in [-0.2, -0.15) is 0 Å². The van der Waals surface area contributed by atoms with E-state index in [1.807, 2.05) is 30.9 Å². The largest absolute Gasteiger partial charge is 0.343 e. The third-order valence-electron chi connectivity index (χ3n) is 4.16. The lowest BCUT2D eigenvalue weighted by Gasteiger charge is -2.28. The van der Waals surface area contributed by atoms with Gasteiger partial charge < -0.3 is 9.80 Å². The molecule has 1 aromatic carbocycles. The fraction of sp³-hybridized carbons (Fsp3) is 0.556. The van der Waals surface area contributed by atoms with Gasteiger partial charge in [-0.3, -0.25) is 9.59 Å². The fourth-order valence-electron chi connectivity index (χ4n) is 3.08. The van der Waals surface area contributed by atoms with Crippen molar-refractivity contribution in [2.45, 2.75) is 46.5 Å². The number of benzene rings is 1. The molecule has 0 saturated carbocycles. The summed E-state index contributed by atoms with van der Waals surface area (Å²) in [5, 5.41) is 0. The van der Waals surface area contributed by atoms with Crippen molar-refractivity contribution in [2.75, 3.05) is 24.5 Å². The molecular formula is C18H26N2O2. The third kappa shape index (κ3) is 4.33. The molecule has 1 aliphatic heterocycles. The molecular weight excluding hydrogens is 276 g/mol. The molecule has 1 heterocycles. The second kappa shape index (κ2) is 7.43. The summed E-state index contributed by atoms with van der Waals surface area (Å²) in [5.41, 5.74) is 3.14. The quantitative estimate of drug-likeness (QED) is 0.857. The van der Waals surface area contributed by atoms with Crippen molar-refractivity contribution in [1.82, 2.24) is 4.90 Å². The number of amides is 2. The molecule has 0 spiro atoms. The molecule has 0 atom stereocenters. The predicted molar refractivity (Wildman–Crippen MR) is 89.0 cm³/mol. The zero-order valence-corrected chi connectivity index (χ0v) is 13.9. The van der Waals surface area contributed by atoms with E-state index in [9.17, 15) is 9.59 Å². The van der Waals surface area contributed by atoms with Gasteiger partial charge in [0.15, 0.2) is 0 Å². The summed E-state index contributed by atoms with van der Waals surface area (Å²) in [6, 6.07) is 6.08. The van der Waals surface area contributed by atoms with Crippen molar-refractivity contribution >= 4 is 17.5 Å². The van der Waals surface area contributed by atoms with Gasteiger partial charge in [0.2, 0.25) is 11.8 Å². The molecule has 4 nitrogen and oxygen atoms in total. The van der Waals surface area contributed by atoms with Gasteiger partial charge in [-0.15, -0.1) is 0 Å². The van der Waals surface area contributed by atoms with E-state index in [0.717, 1.165) is 42.7 Å². The number of hydrogen-bond acceptors (Lipinski definition) is 2. The summed E-state index contributed by atoms with van der Waals surface area (Å²) >= 11 is 0. The molecule has 22 heavy (non-hydrogen) atoms. The number of aryl methyl sites for hydroxylation is 2. The van der Waals surface area contributed by atoms with E-state index in [4.69, 9.17) is 0 Å². The number of nitrogens with zero attached hydrogens (tertiary/aromatic N) is 2. The van der Waals surface area contributed by atoms with Crippen molar-refractivity contribution < 1.29 is 9.59 Å². The van der Waals surface area contributed by atoms with E-state index in [-0.39, 0.29) is 11.8 Å². The van der Waals surface area contributed by atoms with Crippen molar-refractivity contribution in [1.29, 1.82) is 0 Å². The number of anilines is 1. The zero-order valence-electron chi connectivity index (χ0n) is 13.9. The second-order valence-electron chi connectivity index (χ2n) is 6.21. The van der Waals surface area contributed by atoms with Gasteiger partial charge in [0.1, 0.15) is 0 Å². The molecule has 1 aromatic rings. The lowest BCUT2D eigenvalue weighted by Crippen LogP contribution is -2.39. The van der Waals surface area contributed by atoms with Crippen LogP contribution in [0.15, 0.2) is 18.2 Å². The number of hydrogen-bond donors (Lipinski definition) is 0. The van der Waals surface area contributed by atoms with Gasteiger partial charge in [0.05, 0.1) is 0 Å². The van der Waals surface area contributed by atoms with Crippen LogP contribution in [-0.4, -0.2) is 36.3 Å². The fourth-order valence-corrected chi connectivity index (χ4v) is 3.08. The first kappa shape index (κ1) is 16.5. The first-order chi connectivity index (χ1) is 10.5. The summed E-state index contributed by atoms with van der Waals surface area (Å²) in [5.74, 6) is 0.145. The summed E-state index contributed by atoms with van der Waals surface area (Å²) in [6.45, 7) is 7.78. The van der Waals surface area contributed by atoms with Crippen LogP contribution < -0.4 is 4.90 Å². The van der Waals surface area contributed by atoms with Crippen LogP contribution in [0.5, 0.6) is 0 Å². The molecule has 0 aromatic heterocycles. The van der Waals surface area contributed by atoms with Crippen LogP contribution >= 0.6 is 0 Å². The molecule has 1 aliphatic rings. The number of carbonyl (C=O) groups is 2. The smallest absolute Gasteiger partial charge is 0.224 e.